The van der Waals surface area contributed by atoms with E-state index < -0.39 is 0 Å². The molecule has 0 heterocycles. The highest BCUT2D eigenvalue weighted by molar-refractivity contribution is 14.1. The summed E-state index contributed by atoms with van der Waals surface area (Å²) in [5.41, 5.74) is 3.12. The highest BCUT2D eigenvalue weighted by Crippen LogP contribution is 2.28. The lowest BCUT2D eigenvalue weighted by atomic mass is 10.0. The Morgan fingerprint density at radius 3 is 2.62 bits per heavy atom. The van der Waals surface area contributed by atoms with E-state index in [1.807, 2.05) is 30.3 Å². The molecule has 82 valence electrons. The number of hydrogen-bond acceptors (Lipinski definition) is 2. The minimum absolute atomic E-state index is 0.321. The summed E-state index contributed by atoms with van der Waals surface area (Å²) in [4.78, 5) is 0. The zero-order valence-corrected chi connectivity index (χ0v) is 10.8. The van der Waals surface area contributed by atoms with Crippen molar-refractivity contribution in [3.05, 3.63) is 54.1 Å². The van der Waals surface area contributed by atoms with E-state index in [4.69, 9.17) is 0 Å². The number of phenols is 1. The molecule has 2 nitrogen and oxygen atoms in total. The molecule has 0 aliphatic carbocycles. The third-order valence-corrected chi connectivity index (χ3v) is 2.79. The lowest BCUT2D eigenvalue weighted by molar-refractivity contribution is 0.477. The van der Waals surface area contributed by atoms with Crippen LogP contribution in [0.3, 0.4) is 0 Å². The van der Waals surface area contributed by atoms with Gasteiger partial charge in [-0.15, -0.1) is 0 Å². The van der Waals surface area contributed by atoms with E-state index in [-0.39, 0.29) is 0 Å². The summed E-state index contributed by atoms with van der Waals surface area (Å²) < 4.78 is 3.08. The maximum Gasteiger partial charge on any atom is 0.123 e. The Morgan fingerprint density at radius 2 is 1.88 bits per heavy atom. The van der Waals surface area contributed by atoms with Crippen LogP contribution in [0.5, 0.6) is 5.75 Å². The molecule has 0 radical (unpaired) electrons. The van der Waals surface area contributed by atoms with Gasteiger partial charge in [0, 0.05) is 35.0 Å². The van der Waals surface area contributed by atoms with E-state index in [2.05, 4.69) is 38.5 Å². The van der Waals surface area contributed by atoms with Crippen molar-refractivity contribution in [1.82, 2.24) is 3.53 Å². The van der Waals surface area contributed by atoms with Crippen LogP contribution in [0.15, 0.2) is 48.5 Å². The van der Waals surface area contributed by atoms with E-state index in [9.17, 15) is 5.11 Å². The standard InChI is InChI=1S/C13H12INO/c14-15-9-10-4-3-5-11(8-10)12-6-1-2-7-13(12)16/h1-8,15-16H,9H2. The fraction of sp³-hybridized carbons (Fsp3) is 0.0769. The second-order valence-corrected chi connectivity index (χ2v) is 4.29. The molecule has 0 amide bonds. The smallest absolute Gasteiger partial charge is 0.123 e. The molecule has 16 heavy (non-hydrogen) atoms. The van der Waals surface area contributed by atoms with Gasteiger partial charge in [-0.2, -0.15) is 0 Å². The summed E-state index contributed by atoms with van der Waals surface area (Å²) in [5.74, 6) is 0.321. The Bertz CT molecular complexity index is 485. The molecule has 0 bridgehead atoms. The Morgan fingerprint density at radius 1 is 1.06 bits per heavy atom. The minimum Gasteiger partial charge on any atom is -0.507 e. The molecule has 0 fully saturated rings. The van der Waals surface area contributed by atoms with E-state index in [1.165, 1.54) is 5.56 Å². The second-order valence-electron chi connectivity index (χ2n) is 3.53. The Balaban J connectivity index is 2.40. The van der Waals surface area contributed by atoms with Crippen LogP contribution in [-0.4, -0.2) is 5.11 Å². The molecular formula is C13H12INO. The zero-order valence-electron chi connectivity index (χ0n) is 8.65. The summed E-state index contributed by atoms with van der Waals surface area (Å²) >= 11 is 2.12. The van der Waals surface area contributed by atoms with Crippen LogP contribution >= 0.6 is 22.9 Å². The first-order chi connectivity index (χ1) is 7.81. The Labute approximate surface area is 109 Å². The molecule has 0 spiro atoms. The average molecular weight is 325 g/mol. The SMILES string of the molecule is Oc1ccccc1-c1cccc(CNI)c1. The number of para-hydroxylation sites is 1. The monoisotopic (exact) mass is 325 g/mol. The van der Waals surface area contributed by atoms with E-state index in [1.54, 1.807) is 6.07 Å². The molecule has 3 heteroatoms. The Hall–Kier alpha value is -1.07. The highest BCUT2D eigenvalue weighted by atomic mass is 127. The van der Waals surface area contributed by atoms with E-state index >= 15 is 0 Å². The number of phenolic OH excluding ortho intramolecular Hbond substituents is 1. The molecule has 2 aromatic carbocycles. The minimum atomic E-state index is 0.321. The summed E-state index contributed by atoms with van der Waals surface area (Å²) in [6.07, 6.45) is 0. The van der Waals surface area contributed by atoms with Crippen molar-refractivity contribution in [3.63, 3.8) is 0 Å². The molecule has 0 aromatic heterocycles. The van der Waals surface area contributed by atoms with Crippen molar-refractivity contribution in [2.75, 3.05) is 0 Å². The van der Waals surface area contributed by atoms with Crippen molar-refractivity contribution in [3.8, 4) is 16.9 Å². The number of halogens is 1. The Kier molecular flexibility index (Phi) is 3.79. The maximum absolute atomic E-state index is 9.77. The summed E-state index contributed by atoms with van der Waals surface area (Å²) in [7, 11) is 0. The van der Waals surface area contributed by atoms with Crippen LogP contribution in [0.25, 0.3) is 11.1 Å². The van der Waals surface area contributed by atoms with Gasteiger partial charge < -0.3 is 5.11 Å². The number of nitrogens with one attached hydrogen (secondary N) is 1. The predicted molar refractivity (Wildman–Crippen MR) is 74.4 cm³/mol. The number of hydrogen-bond donors (Lipinski definition) is 2. The number of rotatable bonds is 3. The maximum atomic E-state index is 9.77. The van der Waals surface area contributed by atoms with Gasteiger partial charge in [-0.05, 0) is 23.3 Å². The first-order valence-electron chi connectivity index (χ1n) is 5.02. The van der Waals surface area contributed by atoms with E-state index in [0.717, 1.165) is 17.7 Å². The van der Waals surface area contributed by atoms with Crippen molar-refractivity contribution in [2.45, 2.75) is 6.54 Å². The zero-order chi connectivity index (χ0) is 11.4. The summed E-state index contributed by atoms with van der Waals surface area (Å²) in [5, 5.41) is 9.77. The molecule has 0 saturated heterocycles. The van der Waals surface area contributed by atoms with Crippen molar-refractivity contribution < 1.29 is 5.11 Å². The molecule has 2 rings (SSSR count). The lowest BCUT2D eigenvalue weighted by Gasteiger charge is -2.06. The first kappa shape index (κ1) is 11.4. The van der Waals surface area contributed by atoms with Gasteiger partial charge in [0.15, 0.2) is 0 Å². The van der Waals surface area contributed by atoms with Crippen LogP contribution in [0.4, 0.5) is 0 Å². The van der Waals surface area contributed by atoms with Crippen molar-refractivity contribution >= 4 is 22.9 Å². The summed E-state index contributed by atoms with van der Waals surface area (Å²) in [6.45, 7) is 0.821. The number of aromatic hydroxyl groups is 1. The van der Waals surface area contributed by atoms with Crippen LogP contribution < -0.4 is 3.53 Å². The third kappa shape index (κ3) is 2.54. The largest absolute Gasteiger partial charge is 0.507 e. The second kappa shape index (κ2) is 5.32. The van der Waals surface area contributed by atoms with Gasteiger partial charge >= 0.3 is 0 Å². The quantitative estimate of drug-likeness (QED) is 0.669. The molecule has 0 atom stereocenters. The third-order valence-electron chi connectivity index (χ3n) is 2.41. The average Bonchev–Trinajstić information content (AvgIpc) is 2.30. The van der Waals surface area contributed by atoms with Crippen LogP contribution in [0.1, 0.15) is 5.56 Å². The molecule has 0 aliphatic heterocycles. The molecular weight excluding hydrogens is 313 g/mol. The highest BCUT2D eigenvalue weighted by Gasteiger charge is 2.03. The van der Waals surface area contributed by atoms with Gasteiger partial charge in [-0.3, -0.25) is 3.53 Å². The van der Waals surface area contributed by atoms with Crippen LogP contribution in [0.2, 0.25) is 0 Å². The van der Waals surface area contributed by atoms with Gasteiger partial charge in [0.25, 0.3) is 0 Å². The molecule has 2 aromatic rings. The van der Waals surface area contributed by atoms with Gasteiger partial charge in [-0.1, -0.05) is 36.4 Å². The van der Waals surface area contributed by atoms with Gasteiger partial charge in [0.1, 0.15) is 5.75 Å². The normalized spacial score (nSPS) is 10.3. The summed E-state index contributed by atoms with van der Waals surface area (Å²) in [6, 6.07) is 15.5. The molecule has 0 aliphatic rings. The fourth-order valence-corrected chi connectivity index (χ4v) is 2.08. The van der Waals surface area contributed by atoms with Crippen molar-refractivity contribution in [2.24, 2.45) is 0 Å². The predicted octanol–water partition coefficient (Wildman–Crippen LogP) is 3.50. The van der Waals surface area contributed by atoms with Crippen LogP contribution in [0, 0.1) is 0 Å². The molecule has 2 N–H and O–H groups in total. The molecule has 0 unspecified atom stereocenters. The lowest BCUT2D eigenvalue weighted by Crippen LogP contribution is -1.97. The van der Waals surface area contributed by atoms with Gasteiger partial charge in [-0.25, -0.2) is 0 Å². The fourth-order valence-electron chi connectivity index (χ4n) is 1.64. The van der Waals surface area contributed by atoms with Gasteiger partial charge in [0.05, 0.1) is 0 Å². The van der Waals surface area contributed by atoms with Gasteiger partial charge in [0.2, 0.25) is 0 Å². The van der Waals surface area contributed by atoms with E-state index in [0.29, 0.717) is 5.75 Å². The van der Waals surface area contributed by atoms with Crippen LogP contribution in [-0.2, 0) is 6.54 Å². The van der Waals surface area contributed by atoms with Crippen molar-refractivity contribution in [1.29, 1.82) is 0 Å². The number of benzene rings is 2. The first-order valence-corrected chi connectivity index (χ1v) is 6.10. The molecule has 0 saturated carbocycles. The topological polar surface area (TPSA) is 32.3 Å².